The summed E-state index contributed by atoms with van der Waals surface area (Å²) in [5, 5.41) is 5.03. The number of fused-ring (bicyclic) bond motifs is 1. The lowest BCUT2D eigenvalue weighted by atomic mass is 10.1. The van der Waals surface area contributed by atoms with Crippen molar-refractivity contribution in [1.29, 1.82) is 0 Å². The Morgan fingerprint density at radius 3 is 2.78 bits per heavy atom. The number of rotatable bonds is 3. The van der Waals surface area contributed by atoms with Crippen molar-refractivity contribution in [2.45, 2.75) is 26.2 Å². The van der Waals surface area contributed by atoms with Crippen LogP contribution in [0.3, 0.4) is 0 Å². The van der Waals surface area contributed by atoms with Gasteiger partial charge in [0.2, 0.25) is 5.91 Å². The van der Waals surface area contributed by atoms with Crippen LogP contribution in [0.1, 0.15) is 18.1 Å². The van der Waals surface area contributed by atoms with Crippen molar-refractivity contribution < 1.29 is 14.3 Å². The summed E-state index contributed by atoms with van der Waals surface area (Å²) in [6.45, 7) is 2.88. The Balaban J connectivity index is 2.01. The lowest BCUT2D eigenvalue weighted by Gasteiger charge is -2.14. The monoisotopic (exact) mass is 249 g/mol. The van der Waals surface area contributed by atoms with Crippen molar-refractivity contribution in [3.63, 3.8) is 0 Å². The average molecular weight is 249 g/mol. The lowest BCUT2D eigenvalue weighted by molar-refractivity contribution is -0.120. The highest BCUT2D eigenvalue weighted by atomic mass is 16.5. The Morgan fingerprint density at radius 2 is 2.06 bits per heavy atom. The van der Waals surface area contributed by atoms with Gasteiger partial charge in [-0.25, -0.2) is 4.79 Å². The number of urea groups is 1. The van der Waals surface area contributed by atoms with Crippen molar-refractivity contribution in [3.05, 3.63) is 29.3 Å². The summed E-state index contributed by atoms with van der Waals surface area (Å²) >= 11 is 0. The molecule has 0 spiro atoms. The van der Waals surface area contributed by atoms with Gasteiger partial charge in [0, 0.05) is 5.69 Å². The Hall–Kier alpha value is -2.08. The summed E-state index contributed by atoms with van der Waals surface area (Å²) in [5.74, 6) is -0.459. The first kappa shape index (κ1) is 12.4. The second kappa shape index (κ2) is 5.05. The quantitative estimate of drug-likeness (QED) is 0.735. The second-order valence-corrected chi connectivity index (χ2v) is 4.20. The molecule has 1 aliphatic rings. The van der Waals surface area contributed by atoms with E-state index in [4.69, 9.17) is 10.5 Å². The van der Waals surface area contributed by atoms with Crippen LogP contribution in [0.5, 0.6) is 0 Å². The number of nitrogens with two attached hydrogens (primary N) is 1. The molecule has 0 bridgehead atoms. The second-order valence-electron chi connectivity index (χ2n) is 4.20. The standard InChI is InChI=1S/C12H15N3O3/c1-7(11(16)15-12(13)17)14-10-3-2-8-5-18-6-9(8)4-10/h2-4,7,14H,5-6H2,1H3,(H3,13,15,16,17). The molecule has 0 aliphatic carbocycles. The molecular formula is C12H15N3O3. The molecule has 1 heterocycles. The van der Waals surface area contributed by atoms with Gasteiger partial charge in [0.15, 0.2) is 0 Å². The topological polar surface area (TPSA) is 93.4 Å². The summed E-state index contributed by atoms with van der Waals surface area (Å²) in [4.78, 5) is 22.1. The summed E-state index contributed by atoms with van der Waals surface area (Å²) in [6, 6.07) is 4.38. The molecule has 0 radical (unpaired) electrons. The fourth-order valence-electron chi connectivity index (χ4n) is 1.81. The Morgan fingerprint density at radius 1 is 1.33 bits per heavy atom. The molecule has 0 aromatic heterocycles. The van der Waals surface area contributed by atoms with Gasteiger partial charge in [0.25, 0.3) is 0 Å². The van der Waals surface area contributed by atoms with E-state index in [1.807, 2.05) is 23.5 Å². The molecule has 96 valence electrons. The zero-order chi connectivity index (χ0) is 13.1. The Bertz CT molecular complexity index is 487. The minimum Gasteiger partial charge on any atom is -0.374 e. The van der Waals surface area contributed by atoms with E-state index >= 15 is 0 Å². The molecule has 0 fully saturated rings. The van der Waals surface area contributed by atoms with Crippen LogP contribution in [0.4, 0.5) is 10.5 Å². The maximum atomic E-state index is 11.5. The molecule has 18 heavy (non-hydrogen) atoms. The summed E-state index contributed by atoms with van der Waals surface area (Å²) in [5.41, 5.74) is 7.97. The molecule has 1 aromatic rings. The highest BCUT2D eigenvalue weighted by molar-refractivity contribution is 5.97. The lowest BCUT2D eigenvalue weighted by Crippen LogP contribution is -2.43. The van der Waals surface area contributed by atoms with Crippen molar-refractivity contribution >= 4 is 17.6 Å². The van der Waals surface area contributed by atoms with Gasteiger partial charge in [-0.1, -0.05) is 6.07 Å². The number of hydrogen-bond donors (Lipinski definition) is 3. The van der Waals surface area contributed by atoms with Gasteiger partial charge in [-0.3, -0.25) is 10.1 Å². The molecule has 1 atom stereocenters. The highest BCUT2D eigenvalue weighted by Crippen LogP contribution is 2.23. The molecule has 0 saturated carbocycles. The van der Waals surface area contributed by atoms with Gasteiger partial charge >= 0.3 is 6.03 Å². The summed E-state index contributed by atoms with van der Waals surface area (Å²) in [6.07, 6.45) is 0. The SMILES string of the molecule is CC(Nc1ccc2c(c1)COC2)C(=O)NC(N)=O. The minimum atomic E-state index is -0.851. The van der Waals surface area contributed by atoms with Crippen molar-refractivity contribution in [3.8, 4) is 0 Å². The van der Waals surface area contributed by atoms with Crippen LogP contribution in [0.15, 0.2) is 18.2 Å². The third-order valence-corrected chi connectivity index (χ3v) is 2.74. The number of imide groups is 1. The molecule has 1 aromatic carbocycles. The maximum absolute atomic E-state index is 11.5. The van der Waals surface area contributed by atoms with Crippen LogP contribution in [0.25, 0.3) is 0 Å². The van der Waals surface area contributed by atoms with Gasteiger partial charge in [0.05, 0.1) is 13.2 Å². The third-order valence-electron chi connectivity index (χ3n) is 2.74. The van der Waals surface area contributed by atoms with Crippen LogP contribution in [-0.4, -0.2) is 18.0 Å². The van der Waals surface area contributed by atoms with Crippen molar-refractivity contribution in [2.75, 3.05) is 5.32 Å². The summed E-state index contributed by atoms with van der Waals surface area (Å²) < 4.78 is 5.31. The van der Waals surface area contributed by atoms with Crippen LogP contribution >= 0.6 is 0 Å². The molecule has 4 N–H and O–H groups in total. The van der Waals surface area contributed by atoms with E-state index in [0.717, 1.165) is 16.8 Å². The predicted molar refractivity (Wildman–Crippen MR) is 65.7 cm³/mol. The summed E-state index contributed by atoms with van der Waals surface area (Å²) in [7, 11) is 0. The van der Waals surface area contributed by atoms with Crippen LogP contribution in [0.2, 0.25) is 0 Å². The number of primary amides is 1. The number of hydrogen-bond acceptors (Lipinski definition) is 4. The smallest absolute Gasteiger partial charge is 0.318 e. The molecule has 1 unspecified atom stereocenters. The van der Waals surface area contributed by atoms with Crippen molar-refractivity contribution in [2.24, 2.45) is 5.73 Å². The van der Waals surface area contributed by atoms with Gasteiger partial charge in [-0.2, -0.15) is 0 Å². The Labute approximate surface area is 104 Å². The fraction of sp³-hybridized carbons (Fsp3) is 0.333. The zero-order valence-corrected chi connectivity index (χ0v) is 10.0. The van der Waals surface area contributed by atoms with E-state index in [9.17, 15) is 9.59 Å². The molecule has 2 rings (SSSR count). The largest absolute Gasteiger partial charge is 0.374 e. The van der Waals surface area contributed by atoms with Gasteiger partial charge in [0.1, 0.15) is 6.04 Å². The number of carbonyl (C=O) groups is 2. The molecule has 6 heteroatoms. The third kappa shape index (κ3) is 2.78. The van der Waals surface area contributed by atoms with E-state index in [1.165, 1.54) is 0 Å². The minimum absolute atomic E-state index is 0.459. The fourth-order valence-corrected chi connectivity index (χ4v) is 1.81. The number of carbonyl (C=O) groups excluding carboxylic acids is 2. The normalized spacial score (nSPS) is 14.7. The molecule has 6 nitrogen and oxygen atoms in total. The van der Waals surface area contributed by atoms with Gasteiger partial charge in [-0.05, 0) is 30.2 Å². The van der Waals surface area contributed by atoms with Gasteiger partial charge in [-0.15, -0.1) is 0 Å². The molecule has 0 saturated heterocycles. The number of amides is 3. The van der Waals surface area contributed by atoms with Gasteiger partial charge < -0.3 is 15.8 Å². The Kier molecular flexibility index (Phi) is 3.47. The number of anilines is 1. The highest BCUT2D eigenvalue weighted by Gasteiger charge is 2.16. The number of benzene rings is 1. The van der Waals surface area contributed by atoms with E-state index in [2.05, 4.69) is 5.32 Å². The van der Waals surface area contributed by atoms with Crippen LogP contribution in [0, 0.1) is 0 Å². The predicted octanol–water partition coefficient (Wildman–Crippen LogP) is 0.712. The van der Waals surface area contributed by atoms with E-state index in [-0.39, 0.29) is 0 Å². The van der Waals surface area contributed by atoms with Crippen molar-refractivity contribution in [1.82, 2.24) is 5.32 Å². The first-order valence-electron chi connectivity index (χ1n) is 5.62. The first-order valence-corrected chi connectivity index (χ1v) is 5.62. The number of ether oxygens (including phenoxy) is 1. The van der Waals surface area contributed by atoms with Crippen LogP contribution in [-0.2, 0) is 22.7 Å². The molecule has 1 aliphatic heterocycles. The maximum Gasteiger partial charge on any atom is 0.318 e. The number of nitrogens with one attached hydrogen (secondary N) is 2. The van der Waals surface area contributed by atoms with E-state index < -0.39 is 18.0 Å². The van der Waals surface area contributed by atoms with E-state index in [0.29, 0.717) is 13.2 Å². The first-order chi connectivity index (χ1) is 8.56. The molecular weight excluding hydrogens is 234 g/mol. The molecule has 3 amide bonds. The van der Waals surface area contributed by atoms with E-state index in [1.54, 1.807) is 6.92 Å². The average Bonchev–Trinajstić information content (AvgIpc) is 2.75. The zero-order valence-electron chi connectivity index (χ0n) is 10.0. The van der Waals surface area contributed by atoms with Crippen LogP contribution < -0.4 is 16.4 Å².